The molecule has 4 aromatic rings. The monoisotopic (exact) mass is 586 g/mol. The van der Waals surface area contributed by atoms with E-state index < -0.39 is 0 Å². The zero-order valence-corrected chi connectivity index (χ0v) is 25.4. The van der Waals surface area contributed by atoms with Gasteiger partial charge in [0.15, 0.2) is 11.5 Å². The standard InChI is InChI=1S/C34H35ClN2O3S/c1-34(2,3)24-15-16-26-29(19-24)41-33(30(26)32(38)37-25-13-9-6-10-14-25)36-20-23-17-27(35)31(28(18-23)39-4)40-21-22-11-7-5-8-12-22/h5-14,17-18,20,24H,15-16,19,21H2,1-4H3,(H,37,38)/t24-/m0/s1. The van der Waals surface area contributed by atoms with Crippen molar-refractivity contribution in [2.45, 2.75) is 46.6 Å². The Morgan fingerprint density at radius 2 is 1.80 bits per heavy atom. The number of hydrogen-bond donors (Lipinski definition) is 1. The summed E-state index contributed by atoms with van der Waals surface area (Å²) in [4.78, 5) is 19.7. The summed E-state index contributed by atoms with van der Waals surface area (Å²) in [5.41, 5.74) is 4.54. The van der Waals surface area contributed by atoms with E-state index in [2.05, 4.69) is 26.1 Å². The van der Waals surface area contributed by atoms with Gasteiger partial charge in [-0.25, -0.2) is 4.99 Å². The van der Waals surface area contributed by atoms with Crippen LogP contribution in [0, 0.1) is 11.3 Å². The van der Waals surface area contributed by atoms with Gasteiger partial charge in [-0.05, 0) is 71.6 Å². The lowest BCUT2D eigenvalue weighted by Crippen LogP contribution is -2.27. The van der Waals surface area contributed by atoms with Crippen LogP contribution in [0.2, 0.25) is 5.02 Å². The van der Waals surface area contributed by atoms with Gasteiger partial charge in [-0.15, -0.1) is 11.3 Å². The van der Waals surface area contributed by atoms with E-state index in [4.69, 9.17) is 26.1 Å². The summed E-state index contributed by atoms with van der Waals surface area (Å²) in [6.45, 7) is 7.26. The fourth-order valence-electron chi connectivity index (χ4n) is 5.17. The molecule has 0 spiro atoms. The average molecular weight is 587 g/mol. The number of hydrogen-bond acceptors (Lipinski definition) is 5. The van der Waals surface area contributed by atoms with Gasteiger partial charge in [0, 0.05) is 16.8 Å². The van der Waals surface area contributed by atoms with Gasteiger partial charge < -0.3 is 14.8 Å². The van der Waals surface area contributed by atoms with Crippen molar-refractivity contribution >= 4 is 45.7 Å². The number of halogens is 1. The van der Waals surface area contributed by atoms with Crippen LogP contribution in [0.15, 0.2) is 77.8 Å². The number of carbonyl (C=O) groups excluding carboxylic acids is 1. The summed E-state index contributed by atoms with van der Waals surface area (Å²) >= 11 is 8.26. The molecule has 7 heteroatoms. The maximum Gasteiger partial charge on any atom is 0.259 e. The van der Waals surface area contributed by atoms with Crippen molar-refractivity contribution in [1.82, 2.24) is 0 Å². The SMILES string of the molecule is COc1cc(C=Nc2sc3c(c2C(=O)Nc2ccccc2)CC[C@H](C(C)(C)C)C3)cc(Cl)c1OCc1ccccc1. The van der Waals surface area contributed by atoms with Gasteiger partial charge in [-0.2, -0.15) is 0 Å². The van der Waals surface area contributed by atoms with E-state index in [1.165, 1.54) is 4.88 Å². The number of aliphatic imine (C=N–C) groups is 1. The first-order valence-corrected chi connectivity index (χ1v) is 15.0. The topological polar surface area (TPSA) is 59.9 Å². The first kappa shape index (κ1) is 28.9. The van der Waals surface area contributed by atoms with Gasteiger partial charge in [0.2, 0.25) is 0 Å². The Morgan fingerprint density at radius 3 is 2.49 bits per heavy atom. The lowest BCUT2D eigenvalue weighted by Gasteiger charge is -2.33. The molecule has 1 atom stereocenters. The highest BCUT2D eigenvalue weighted by molar-refractivity contribution is 7.16. The maximum absolute atomic E-state index is 13.6. The lowest BCUT2D eigenvalue weighted by molar-refractivity contribution is 0.102. The summed E-state index contributed by atoms with van der Waals surface area (Å²) in [6.07, 6.45) is 4.62. The van der Waals surface area contributed by atoms with Crippen LogP contribution in [0.25, 0.3) is 0 Å². The first-order chi connectivity index (χ1) is 19.7. The third kappa shape index (κ3) is 6.83. The van der Waals surface area contributed by atoms with E-state index in [9.17, 15) is 4.79 Å². The number of nitrogens with zero attached hydrogens (tertiary/aromatic N) is 1. The van der Waals surface area contributed by atoms with Crippen LogP contribution in [0.1, 0.15) is 59.1 Å². The Bertz CT molecular complexity index is 1540. The van der Waals surface area contributed by atoms with Gasteiger partial charge in [-0.3, -0.25) is 4.79 Å². The van der Waals surface area contributed by atoms with Crippen molar-refractivity contribution in [3.63, 3.8) is 0 Å². The molecule has 0 aliphatic heterocycles. The molecule has 1 N–H and O–H groups in total. The Labute approximate surface area is 251 Å². The van der Waals surface area contributed by atoms with E-state index >= 15 is 0 Å². The predicted octanol–water partition coefficient (Wildman–Crippen LogP) is 9.14. The Morgan fingerprint density at radius 1 is 1.10 bits per heavy atom. The quantitative estimate of drug-likeness (QED) is 0.209. The van der Waals surface area contributed by atoms with Crippen molar-refractivity contribution in [3.05, 3.63) is 105 Å². The van der Waals surface area contributed by atoms with Gasteiger partial charge in [0.25, 0.3) is 5.91 Å². The number of fused-ring (bicyclic) bond motifs is 1. The van der Waals surface area contributed by atoms with Crippen LogP contribution in [0.3, 0.4) is 0 Å². The first-order valence-electron chi connectivity index (χ1n) is 13.8. The fourth-order valence-corrected chi connectivity index (χ4v) is 6.71. The molecular formula is C34H35ClN2O3S. The second-order valence-corrected chi connectivity index (χ2v) is 12.9. The van der Waals surface area contributed by atoms with E-state index in [1.54, 1.807) is 30.7 Å². The van der Waals surface area contributed by atoms with Crippen molar-refractivity contribution in [2.75, 3.05) is 12.4 Å². The van der Waals surface area contributed by atoms with Crippen LogP contribution in [0.5, 0.6) is 11.5 Å². The van der Waals surface area contributed by atoms with Crippen molar-refractivity contribution in [2.24, 2.45) is 16.3 Å². The van der Waals surface area contributed by atoms with Crippen LogP contribution < -0.4 is 14.8 Å². The normalized spacial score (nSPS) is 15.0. The molecule has 1 aliphatic rings. The maximum atomic E-state index is 13.6. The zero-order valence-electron chi connectivity index (χ0n) is 23.9. The summed E-state index contributed by atoms with van der Waals surface area (Å²) in [6, 6.07) is 23.1. The Balaban J connectivity index is 1.45. The van der Waals surface area contributed by atoms with Crippen LogP contribution >= 0.6 is 22.9 Å². The number of ether oxygens (including phenoxy) is 2. The Hall–Kier alpha value is -3.61. The second-order valence-electron chi connectivity index (χ2n) is 11.4. The van der Waals surface area contributed by atoms with E-state index in [1.807, 2.05) is 66.7 Å². The summed E-state index contributed by atoms with van der Waals surface area (Å²) in [5.74, 6) is 1.44. The molecule has 5 rings (SSSR count). The molecule has 0 unspecified atom stereocenters. The van der Waals surface area contributed by atoms with Crippen molar-refractivity contribution in [3.8, 4) is 11.5 Å². The smallest absolute Gasteiger partial charge is 0.259 e. The molecule has 1 amide bonds. The minimum absolute atomic E-state index is 0.129. The van der Waals surface area contributed by atoms with Gasteiger partial charge in [-0.1, -0.05) is 80.9 Å². The largest absolute Gasteiger partial charge is 0.493 e. The lowest BCUT2D eigenvalue weighted by atomic mass is 9.72. The predicted molar refractivity (Wildman–Crippen MR) is 170 cm³/mol. The number of thiophene rings is 1. The molecule has 0 saturated carbocycles. The molecule has 41 heavy (non-hydrogen) atoms. The molecular weight excluding hydrogens is 552 g/mol. The van der Waals surface area contributed by atoms with Crippen molar-refractivity contribution < 1.29 is 14.3 Å². The number of methoxy groups -OCH3 is 1. The minimum Gasteiger partial charge on any atom is -0.493 e. The molecule has 1 aliphatic carbocycles. The summed E-state index contributed by atoms with van der Waals surface area (Å²) < 4.78 is 11.6. The number of amides is 1. The second kappa shape index (κ2) is 12.5. The Kier molecular flexibility index (Phi) is 8.81. The molecule has 1 heterocycles. The zero-order chi connectivity index (χ0) is 29.0. The number of benzene rings is 3. The molecule has 0 fully saturated rings. The summed E-state index contributed by atoms with van der Waals surface area (Å²) in [5, 5.41) is 4.21. The fraction of sp³-hybridized carbons (Fsp3) is 0.294. The van der Waals surface area contributed by atoms with E-state index in [0.29, 0.717) is 39.6 Å². The highest BCUT2D eigenvalue weighted by Gasteiger charge is 2.33. The molecule has 1 aromatic heterocycles. The highest BCUT2D eigenvalue weighted by Crippen LogP contribution is 2.45. The van der Waals surface area contributed by atoms with Crippen LogP contribution in [-0.2, 0) is 19.4 Å². The third-order valence-electron chi connectivity index (χ3n) is 7.54. The third-order valence-corrected chi connectivity index (χ3v) is 8.98. The molecule has 0 bridgehead atoms. The summed E-state index contributed by atoms with van der Waals surface area (Å²) in [7, 11) is 1.59. The van der Waals surface area contributed by atoms with Gasteiger partial charge in [0.1, 0.15) is 11.6 Å². The number of carbonyl (C=O) groups is 1. The van der Waals surface area contributed by atoms with Crippen molar-refractivity contribution in [1.29, 1.82) is 0 Å². The van der Waals surface area contributed by atoms with E-state index in [-0.39, 0.29) is 11.3 Å². The van der Waals surface area contributed by atoms with Gasteiger partial charge >= 0.3 is 0 Å². The molecule has 3 aromatic carbocycles. The molecule has 0 saturated heterocycles. The van der Waals surface area contributed by atoms with Crippen LogP contribution in [-0.4, -0.2) is 19.2 Å². The number of nitrogens with one attached hydrogen (secondary N) is 1. The minimum atomic E-state index is -0.129. The van der Waals surface area contributed by atoms with E-state index in [0.717, 1.165) is 41.6 Å². The van der Waals surface area contributed by atoms with Crippen LogP contribution in [0.4, 0.5) is 10.7 Å². The number of anilines is 1. The number of rotatable bonds is 8. The highest BCUT2D eigenvalue weighted by atomic mass is 35.5. The molecule has 5 nitrogen and oxygen atoms in total. The molecule has 212 valence electrons. The average Bonchev–Trinajstić information content (AvgIpc) is 3.33. The number of para-hydroxylation sites is 1. The van der Waals surface area contributed by atoms with Gasteiger partial charge in [0.05, 0.1) is 17.7 Å². The molecule has 0 radical (unpaired) electrons.